The number of hydrogen-bond acceptors (Lipinski definition) is 8. The summed E-state index contributed by atoms with van der Waals surface area (Å²) in [6, 6.07) is 7.02. The molecule has 1 fully saturated rings. The zero-order valence-corrected chi connectivity index (χ0v) is 18.0. The number of esters is 1. The maximum Gasteiger partial charge on any atom is 0.350 e. The van der Waals surface area contributed by atoms with Gasteiger partial charge in [0.05, 0.1) is 19.3 Å². The fraction of sp³-hybridized carbons (Fsp3) is 0.409. The van der Waals surface area contributed by atoms with Gasteiger partial charge in [-0.2, -0.15) is 0 Å². The highest BCUT2D eigenvalue weighted by Crippen LogP contribution is 2.32. The van der Waals surface area contributed by atoms with E-state index >= 15 is 0 Å². The molecule has 31 heavy (non-hydrogen) atoms. The Morgan fingerprint density at radius 3 is 2.61 bits per heavy atom. The summed E-state index contributed by atoms with van der Waals surface area (Å²) in [5, 5.41) is 4.51. The van der Waals surface area contributed by atoms with Gasteiger partial charge in [-0.3, -0.25) is 14.5 Å². The quantitative estimate of drug-likeness (QED) is 0.541. The summed E-state index contributed by atoms with van der Waals surface area (Å²) in [6.07, 6.45) is 1.37. The monoisotopic (exact) mass is 444 g/mol. The maximum atomic E-state index is 12.9. The van der Waals surface area contributed by atoms with Crippen LogP contribution in [0.5, 0.6) is 11.5 Å². The molecule has 0 saturated carbocycles. The lowest BCUT2D eigenvalue weighted by molar-refractivity contribution is -0.117. The van der Waals surface area contributed by atoms with Crippen LogP contribution in [0.1, 0.15) is 32.9 Å². The van der Waals surface area contributed by atoms with E-state index in [1.165, 1.54) is 18.4 Å². The Morgan fingerprint density at radius 1 is 1.13 bits per heavy atom. The van der Waals surface area contributed by atoms with Crippen molar-refractivity contribution in [1.82, 2.24) is 4.90 Å². The van der Waals surface area contributed by atoms with Crippen molar-refractivity contribution < 1.29 is 28.6 Å². The summed E-state index contributed by atoms with van der Waals surface area (Å²) in [7, 11) is 1.31. The second-order valence-corrected chi connectivity index (χ2v) is 8.39. The molecule has 1 aromatic heterocycles. The Morgan fingerprint density at radius 2 is 1.87 bits per heavy atom. The Hall–Kier alpha value is -2.91. The van der Waals surface area contributed by atoms with Gasteiger partial charge in [0, 0.05) is 11.5 Å². The van der Waals surface area contributed by atoms with E-state index < -0.39 is 5.97 Å². The zero-order valence-electron chi connectivity index (χ0n) is 17.2. The number of anilines is 1. The van der Waals surface area contributed by atoms with Crippen LogP contribution in [-0.2, 0) is 9.53 Å². The molecule has 1 amide bonds. The molecular weight excluding hydrogens is 420 g/mol. The number of benzene rings is 1. The molecule has 1 N–H and O–H groups in total. The van der Waals surface area contributed by atoms with Gasteiger partial charge in [0.2, 0.25) is 5.91 Å². The fourth-order valence-electron chi connectivity index (χ4n) is 3.84. The van der Waals surface area contributed by atoms with Gasteiger partial charge in [-0.1, -0.05) is 0 Å². The number of methoxy groups -OCH3 is 1. The van der Waals surface area contributed by atoms with Crippen LogP contribution in [0.2, 0.25) is 0 Å². The first-order valence-corrected chi connectivity index (χ1v) is 11.0. The second kappa shape index (κ2) is 9.49. The third kappa shape index (κ3) is 4.88. The molecule has 0 spiro atoms. The van der Waals surface area contributed by atoms with Gasteiger partial charge in [0.15, 0.2) is 17.3 Å². The molecule has 0 bridgehead atoms. The van der Waals surface area contributed by atoms with Gasteiger partial charge in [0.25, 0.3) is 0 Å². The van der Waals surface area contributed by atoms with Gasteiger partial charge < -0.3 is 19.5 Å². The molecule has 2 aliphatic rings. The van der Waals surface area contributed by atoms with E-state index in [9.17, 15) is 14.4 Å². The number of carbonyl (C=O) groups excluding carboxylic acids is 3. The van der Waals surface area contributed by atoms with Crippen LogP contribution in [0.25, 0.3) is 0 Å². The van der Waals surface area contributed by atoms with Crippen LogP contribution in [0.3, 0.4) is 0 Å². The molecule has 0 radical (unpaired) electrons. The van der Waals surface area contributed by atoms with E-state index in [0.717, 1.165) is 0 Å². The molecule has 0 unspecified atom stereocenters. The number of carbonyl (C=O) groups is 3. The molecule has 3 heterocycles. The van der Waals surface area contributed by atoms with E-state index in [2.05, 4.69) is 5.32 Å². The summed E-state index contributed by atoms with van der Waals surface area (Å²) >= 11 is 1.22. The Balaban J connectivity index is 1.29. The highest BCUT2D eigenvalue weighted by Gasteiger charge is 2.28. The van der Waals surface area contributed by atoms with Crippen molar-refractivity contribution in [3.8, 4) is 11.5 Å². The number of hydrogen-bond donors (Lipinski definition) is 1. The van der Waals surface area contributed by atoms with Crippen molar-refractivity contribution in [2.45, 2.75) is 12.8 Å². The summed E-state index contributed by atoms with van der Waals surface area (Å²) in [5.41, 5.74) is 1.10. The van der Waals surface area contributed by atoms with Crippen molar-refractivity contribution in [1.29, 1.82) is 0 Å². The molecule has 0 atom stereocenters. The van der Waals surface area contributed by atoms with Crippen LogP contribution in [-0.4, -0.2) is 62.5 Å². The number of Topliss-reactive ketones (excluding diaryl/α,β-unsaturated/α-hetero) is 1. The molecule has 9 heteroatoms. The molecule has 0 aliphatic carbocycles. The number of nitrogens with one attached hydrogen (secondary N) is 1. The minimum absolute atomic E-state index is 0.0790. The fourth-order valence-corrected chi connectivity index (χ4v) is 4.60. The van der Waals surface area contributed by atoms with Crippen molar-refractivity contribution in [3.63, 3.8) is 0 Å². The number of thiophene rings is 1. The van der Waals surface area contributed by atoms with Crippen molar-refractivity contribution in [2.24, 2.45) is 5.92 Å². The van der Waals surface area contributed by atoms with Crippen molar-refractivity contribution in [3.05, 3.63) is 40.1 Å². The number of nitrogens with zero attached hydrogens (tertiary/aromatic N) is 1. The number of likely N-dealkylation sites (tertiary alicyclic amines) is 1. The molecular formula is C22H24N2O6S. The average molecular weight is 445 g/mol. The summed E-state index contributed by atoms with van der Waals surface area (Å²) in [5.74, 6) is 0.645. The maximum absolute atomic E-state index is 12.9. The van der Waals surface area contributed by atoms with Gasteiger partial charge in [-0.05, 0) is 55.6 Å². The van der Waals surface area contributed by atoms with Crippen molar-refractivity contribution in [2.75, 3.05) is 45.3 Å². The number of fused-ring (bicyclic) bond motifs is 1. The van der Waals surface area contributed by atoms with Gasteiger partial charge in [0.1, 0.15) is 18.1 Å². The number of rotatable bonds is 6. The topological polar surface area (TPSA) is 94.2 Å². The predicted molar refractivity (Wildman–Crippen MR) is 115 cm³/mol. The minimum Gasteiger partial charge on any atom is -0.486 e. The van der Waals surface area contributed by atoms with Crippen LogP contribution in [0, 0.1) is 5.92 Å². The van der Waals surface area contributed by atoms with E-state index in [0.29, 0.717) is 66.8 Å². The van der Waals surface area contributed by atoms with E-state index in [4.69, 9.17) is 14.2 Å². The Kier molecular flexibility index (Phi) is 6.53. The number of ether oxygens (including phenoxy) is 3. The first-order chi connectivity index (χ1) is 15.0. The van der Waals surface area contributed by atoms with Gasteiger partial charge in [-0.15, -0.1) is 11.3 Å². The lowest BCUT2D eigenvalue weighted by Gasteiger charge is -2.30. The lowest BCUT2D eigenvalue weighted by atomic mass is 9.88. The van der Waals surface area contributed by atoms with Crippen LogP contribution in [0.15, 0.2) is 29.6 Å². The Bertz CT molecular complexity index is 980. The number of piperidine rings is 1. The zero-order chi connectivity index (χ0) is 21.8. The highest BCUT2D eigenvalue weighted by molar-refractivity contribution is 7.12. The molecule has 8 nitrogen and oxygen atoms in total. The SMILES string of the molecule is COC(=O)c1sccc1NC(=O)CN1CCC(C(=O)c2ccc3c(c2)OCCO3)CC1. The lowest BCUT2D eigenvalue weighted by Crippen LogP contribution is -2.40. The van der Waals surface area contributed by atoms with Crippen LogP contribution in [0.4, 0.5) is 5.69 Å². The number of amides is 1. The van der Waals surface area contributed by atoms with Crippen LogP contribution >= 0.6 is 11.3 Å². The second-order valence-electron chi connectivity index (χ2n) is 7.48. The van der Waals surface area contributed by atoms with Gasteiger partial charge >= 0.3 is 5.97 Å². The van der Waals surface area contributed by atoms with E-state index in [1.54, 1.807) is 29.6 Å². The molecule has 2 aromatic rings. The third-order valence-electron chi connectivity index (χ3n) is 5.46. The molecule has 1 aromatic carbocycles. The highest BCUT2D eigenvalue weighted by atomic mass is 32.1. The smallest absolute Gasteiger partial charge is 0.350 e. The average Bonchev–Trinajstić information content (AvgIpc) is 3.26. The van der Waals surface area contributed by atoms with Crippen molar-refractivity contribution >= 4 is 34.7 Å². The third-order valence-corrected chi connectivity index (χ3v) is 6.36. The van der Waals surface area contributed by atoms with E-state index in [-0.39, 0.29) is 24.2 Å². The molecule has 2 aliphatic heterocycles. The largest absolute Gasteiger partial charge is 0.486 e. The first kappa shape index (κ1) is 21.3. The molecule has 4 rings (SSSR count). The van der Waals surface area contributed by atoms with Gasteiger partial charge in [-0.25, -0.2) is 4.79 Å². The molecule has 1 saturated heterocycles. The summed E-state index contributed by atoms with van der Waals surface area (Å²) in [4.78, 5) is 39.5. The van der Waals surface area contributed by atoms with Crippen LogP contribution < -0.4 is 14.8 Å². The summed E-state index contributed by atoms with van der Waals surface area (Å²) < 4.78 is 15.8. The minimum atomic E-state index is -0.469. The summed E-state index contributed by atoms with van der Waals surface area (Å²) in [6.45, 7) is 2.52. The predicted octanol–water partition coefficient (Wildman–Crippen LogP) is 2.84. The first-order valence-electron chi connectivity index (χ1n) is 10.2. The normalized spacial score (nSPS) is 16.5. The molecule has 164 valence electrons. The number of ketones is 1. The van der Waals surface area contributed by atoms with E-state index in [1.807, 2.05) is 4.90 Å². The standard InChI is InChI=1S/C22H24N2O6S/c1-28-22(27)21-16(6-11-31-21)23-19(25)13-24-7-4-14(5-8-24)20(26)15-2-3-17-18(12-15)30-10-9-29-17/h2-3,6,11-12,14H,4-5,7-10,13H2,1H3,(H,23,25). The Labute approximate surface area is 184 Å².